The van der Waals surface area contributed by atoms with Crippen molar-refractivity contribution in [2.75, 3.05) is 13.1 Å². The summed E-state index contributed by atoms with van der Waals surface area (Å²) in [5, 5.41) is 3.11. The molecule has 24 heavy (non-hydrogen) atoms. The summed E-state index contributed by atoms with van der Waals surface area (Å²) in [5.74, 6) is 2.07. The number of rotatable bonds is 3. The van der Waals surface area contributed by atoms with E-state index < -0.39 is 0 Å². The fourth-order valence-corrected chi connectivity index (χ4v) is 4.67. The van der Waals surface area contributed by atoms with Crippen molar-refractivity contribution in [2.24, 2.45) is 17.8 Å². The summed E-state index contributed by atoms with van der Waals surface area (Å²) >= 11 is 0. The first-order valence-corrected chi connectivity index (χ1v) is 9.39. The van der Waals surface area contributed by atoms with Crippen LogP contribution in [-0.4, -0.2) is 35.8 Å². The number of hydrogen-bond acceptors (Lipinski definition) is 2. The predicted octanol–water partition coefficient (Wildman–Crippen LogP) is 2.84. The molecule has 0 bridgehead atoms. The number of carbonyl (C=O) groups is 2. The van der Waals surface area contributed by atoms with Crippen LogP contribution in [0.2, 0.25) is 0 Å². The van der Waals surface area contributed by atoms with Crippen molar-refractivity contribution >= 4 is 11.8 Å². The maximum atomic E-state index is 12.7. The van der Waals surface area contributed by atoms with Crippen molar-refractivity contribution in [2.45, 2.75) is 44.6 Å². The Morgan fingerprint density at radius 2 is 1.54 bits per heavy atom. The van der Waals surface area contributed by atoms with Gasteiger partial charge in [0.05, 0.1) is 0 Å². The van der Waals surface area contributed by atoms with Gasteiger partial charge in [0.15, 0.2) is 0 Å². The summed E-state index contributed by atoms with van der Waals surface area (Å²) in [7, 11) is 0. The molecule has 2 saturated carbocycles. The van der Waals surface area contributed by atoms with Crippen LogP contribution in [-0.2, 0) is 4.79 Å². The molecule has 3 aliphatic rings. The summed E-state index contributed by atoms with van der Waals surface area (Å²) in [6.45, 7) is 1.57. The second kappa shape index (κ2) is 6.58. The average molecular weight is 326 g/mol. The van der Waals surface area contributed by atoms with Crippen molar-refractivity contribution in [3.05, 3.63) is 35.9 Å². The molecule has 128 valence electrons. The van der Waals surface area contributed by atoms with E-state index in [9.17, 15) is 9.59 Å². The van der Waals surface area contributed by atoms with Crippen molar-refractivity contribution in [3.63, 3.8) is 0 Å². The Kier molecular flexibility index (Phi) is 4.30. The Morgan fingerprint density at radius 1 is 0.917 bits per heavy atom. The van der Waals surface area contributed by atoms with Crippen LogP contribution in [0.3, 0.4) is 0 Å². The highest BCUT2D eigenvalue weighted by Crippen LogP contribution is 2.56. The summed E-state index contributed by atoms with van der Waals surface area (Å²) in [6, 6.07) is 9.53. The molecule has 2 aliphatic carbocycles. The number of likely N-dealkylation sites (tertiary alicyclic amines) is 1. The monoisotopic (exact) mass is 326 g/mol. The number of hydrogen-bond donors (Lipinski definition) is 1. The Hall–Kier alpha value is -1.84. The minimum absolute atomic E-state index is 0.00594. The zero-order chi connectivity index (χ0) is 16.5. The summed E-state index contributed by atoms with van der Waals surface area (Å²) in [5.41, 5.74) is 0.707. The molecule has 0 radical (unpaired) electrons. The molecule has 1 heterocycles. The molecule has 4 heteroatoms. The Labute approximate surface area is 143 Å². The molecule has 4 nitrogen and oxygen atoms in total. The molecule has 1 aliphatic heterocycles. The number of nitrogens with one attached hydrogen (secondary N) is 1. The van der Waals surface area contributed by atoms with Crippen LogP contribution in [0.1, 0.15) is 48.9 Å². The average Bonchev–Trinajstić information content (AvgIpc) is 3.37. The molecule has 2 atom stereocenters. The first kappa shape index (κ1) is 15.7. The highest BCUT2D eigenvalue weighted by Gasteiger charge is 2.55. The highest BCUT2D eigenvalue weighted by atomic mass is 16.2. The molecule has 1 saturated heterocycles. The number of nitrogens with zero attached hydrogens (tertiary/aromatic N) is 1. The van der Waals surface area contributed by atoms with Gasteiger partial charge < -0.3 is 10.2 Å². The van der Waals surface area contributed by atoms with Gasteiger partial charge in [-0.1, -0.05) is 31.0 Å². The fourth-order valence-electron chi connectivity index (χ4n) is 4.67. The number of benzene rings is 1. The molecule has 4 rings (SSSR count). The van der Waals surface area contributed by atoms with E-state index in [0.717, 1.165) is 25.9 Å². The first-order chi connectivity index (χ1) is 11.7. The molecule has 0 spiro atoms. The number of piperidine rings is 1. The van der Waals surface area contributed by atoms with E-state index in [-0.39, 0.29) is 11.9 Å². The summed E-state index contributed by atoms with van der Waals surface area (Å²) in [6.07, 6.45) is 6.85. The van der Waals surface area contributed by atoms with Gasteiger partial charge in [-0.25, -0.2) is 0 Å². The molecule has 0 aromatic heterocycles. The second-order valence-electron chi connectivity index (χ2n) is 7.58. The van der Waals surface area contributed by atoms with Crippen LogP contribution in [0, 0.1) is 17.8 Å². The van der Waals surface area contributed by atoms with Gasteiger partial charge in [-0.3, -0.25) is 9.59 Å². The molecule has 1 aromatic carbocycles. The third-order valence-corrected chi connectivity index (χ3v) is 6.12. The molecular weight excluding hydrogens is 300 g/mol. The van der Waals surface area contributed by atoms with Crippen molar-refractivity contribution in [3.8, 4) is 0 Å². The molecule has 1 aromatic rings. The highest BCUT2D eigenvalue weighted by molar-refractivity contribution is 5.94. The van der Waals surface area contributed by atoms with Crippen LogP contribution in [0.25, 0.3) is 0 Å². The summed E-state index contributed by atoms with van der Waals surface area (Å²) < 4.78 is 0. The van der Waals surface area contributed by atoms with Crippen molar-refractivity contribution in [1.82, 2.24) is 10.2 Å². The quantitative estimate of drug-likeness (QED) is 0.928. The van der Waals surface area contributed by atoms with Crippen molar-refractivity contribution < 1.29 is 9.59 Å². The van der Waals surface area contributed by atoms with Gasteiger partial charge in [0, 0.05) is 30.6 Å². The Balaban J connectivity index is 1.26. The van der Waals surface area contributed by atoms with E-state index in [4.69, 9.17) is 0 Å². The maximum Gasteiger partial charge on any atom is 0.251 e. The molecule has 2 amide bonds. The Morgan fingerprint density at radius 3 is 2.17 bits per heavy atom. The van der Waals surface area contributed by atoms with E-state index in [1.54, 1.807) is 0 Å². The van der Waals surface area contributed by atoms with Gasteiger partial charge >= 0.3 is 0 Å². The minimum Gasteiger partial charge on any atom is -0.349 e. The van der Waals surface area contributed by atoms with Gasteiger partial charge in [-0.05, 0) is 49.7 Å². The zero-order valence-electron chi connectivity index (χ0n) is 14.1. The predicted molar refractivity (Wildman–Crippen MR) is 92.4 cm³/mol. The molecule has 1 N–H and O–H groups in total. The van der Waals surface area contributed by atoms with Gasteiger partial charge in [0.1, 0.15) is 0 Å². The van der Waals surface area contributed by atoms with E-state index in [1.165, 1.54) is 25.7 Å². The Bertz CT molecular complexity index is 595. The third-order valence-electron chi connectivity index (χ3n) is 6.12. The van der Waals surface area contributed by atoms with Gasteiger partial charge in [-0.2, -0.15) is 0 Å². The topological polar surface area (TPSA) is 49.4 Å². The first-order valence-electron chi connectivity index (χ1n) is 9.39. The van der Waals surface area contributed by atoms with Gasteiger partial charge in [0.25, 0.3) is 5.91 Å². The smallest absolute Gasteiger partial charge is 0.251 e. The van der Waals surface area contributed by atoms with Crippen LogP contribution in [0.4, 0.5) is 0 Å². The van der Waals surface area contributed by atoms with Crippen LogP contribution >= 0.6 is 0 Å². The lowest BCUT2D eigenvalue weighted by Crippen LogP contribution is -2.47. The standard InChI is InChI=1S/C20H26N2O2/c23-19(14-6-2-1-3-7-14)21-15-10-12-22(13-11-15)20(24)18-16-8-4-5-9-17(16)18/h1-3,6-7,15-18H,4-5,8-13H2,(H,21,23). The van der Waals surface area contributed by atoms with Crippen LogP contribution in [0.15, 0.2) is 30.3 Å². The number of fused-ring (bicyclic) bond motifs is 1. The SMILES string of the molecule is O=C(NC1CCN(C(=O)C2C3CCCCC32)CC1)c1ccccc1. The maximum absolute atomic E-state index is 12.7. The second-order valence-corrected chi connectivity index (χ2v) is 7.58. The lowest BCUT2D eigenvalue weighted by Gasteiger charge is -2.32. The van der Waals surface area contributed by atoms with E-state index >= 15 is 0 Å². The third kappa shape index (κ3) is 3.06. The lowest BCUT2D eigenvalue weighted by molar-refractivity contribution is -0.134. The fraction of sp³-hybridized carbons (Fsp3) is 0.600. The largest absolute Gasteiger partial charge is 0.349 e. The van der Waals surface area contributed by atoms with Crippen LogP contribution < -0.4 is 5.32 Å². The molecule has 3 fully saturated rings. The molecule has 2 unspecified atom stereocenters. The number of amides is 2. The number of carbonyl (C=O) groups excluding carboxylic acids is 2. The zero-order valence-corrected chi connectivity index (χ0v) is 14.1. The van der Waals surface area contributed by atoms with Crippen molar-refractivity contribution in [1.29, 1.82) is 0 Å². The van der Waals surface area contributed by atoms with Crippen LogP contribution in [0.5, 0.6) is 0 Å². The lowest BCUT2D eigenvalue weighted by atomic mass is 10.0. The van der Waals surface area contributed by atoms with E-state index in [2.05, 4.69) is 5.32 Å². The van der Waals surface area contributed by atoms with Gasteiger partial charge in [0.2, 0.25) is 5.91 Å². The normalized spacial score (nSPS) is 29.7. The summed E-state index contributed by atoms with van der Waals surface area (Å²) in [4.78, 5) is 27.0. The van der Waals surface area contributed by atoms with E-state index in [0.29, 0.717) is 29.2 Å². The van der Waals surface area contributed by atoms with E-state index in [1.807, 2.05) is 35.2 Å². The van der Waals surface area contributed by atoms with Gasteiger partial charge in [-0.15, -0.1) is 0 Å². The minimum atomic E-state index is -0.00594. The molecular formula is C20H26N2O2.